The first-order valence-corrected chi connectivity index (χ1v) is 108. The van der Waals surface area contributed by atoms with E-state index in [1.54, 1.807) is 68.4 Å². The molecule has 0 aliphatic carbocycles. The van der Waals surface area contributed by atoms with Gasteiger partial charge in [0, 0.05) is 16.2 Å². The number of hydrogen-bond donors (Lipinski definition) is 8. The first kappa shape index (κ1) is 124. The van der Waals surface area contributed by atoms with Crippen LogP contribution in [0.1, 0.15) is 32.5 Å². The van der Waals surface area contributed by atoms with Crippen molar-refractivity contribution in [3.05, 3.63) is 65.7 Å². The molecule has 7 aromatic rings. The van der Waals surface area contributed by atoms with Crippen molar-refractivity contribution in [3.8, 4) is 17.2 Å². The summed E-state index contributed by atoms with van der Waals surface area (Å²) in [6, 6.07) is 15.8. The summed E-state index contributed by atoms with van der Waals surface area (Å²) in [4.78, 5) is 81.3. The topological polar surface area (TPSA) is 412 Å². The Kier molecular flexibility index (Phi) is 72.6. The van der Waals surface area contributed by atoms with Crippen LogP contribution in [-0.2, 0) is 39.9 Å². The monoisotopic (exact) mass is 2380 g/mol. The van der Waals surface area contributed by atoms with Crippen molar-refractivity contribution in [2.45, 2.75) is 33.1 Å². The van der Waals surface area contributed by atoms with E-state index in [2.05, 4.69) is 262 Å². The predicted molar refractivity (Wildman–Crippen MR) is 617 cm³/mol. The molecule has 28 atom stereocenters. The molecule has 7 rings (SSSR count). The second-order valence-electron chi connectivity index (χ2n) is 19.5. The molecule has 0 radical (unpaired) electrons. The molecule has 0 aliphatic heterocycles. The number of nitrogens with two attached hydrogens (primary N) is 2. The zero-order valence-corrected chi connectivity index (χ0v) is 107. The molecule has 0 spiro atoms. The Morgan fingerprint density at radius 1 is 0.496 bits per heavy atom. The summed E-state index contributed by atoms with van der Waals surface area (Å²) >= 11 is 5.89. The number of nitrogen functional groups attached to an aromatic ring is 2. The molecule has 0 fully saturated rings. The van der Waals surface area contributed by atoms with E-state index in [-0.39, 0.29) is 212 Å². The number of carboxylic acid groups (broad SMARTS) is 1. The number of fused-ring (bicyclic) bond motifs is 5. The normalized spacial score (nSPS) is 12.4. The fourth-order valence-corrected chi connectivity index (χ4v) is 542. The Morgan fingerprint density at radius 2 is 0.858 bits per heavy atom. The third-order valence-corrected chi connectivity index (χ3v) is 291. The van der Waals surface area contributed by atoms with Crippen molar-refractivity contribution < 1.29 is 77.1 Å². The molecule has 630 valence electrons. The van der Waals surface area contributed by atoms with E-state index in [0.29, 0.717) is 61.4 Å². The maximum Gasteiger partial charge on any atom is 1.00 e. The molecule has 113 heavy (non-hydrogen) atoms. The second-order valence-corrected chi connectivity index (χ2v) is 191. The molecule has 13 N–H and O–H groups in total. The van der Waals surface area contributed by atoms with Gasteiger partial charge in [0.2, 0.25) is 29.0 Å². The maximum absolute atomic E-state index is 11.7. The van der Waals surface area contributed by atoms with Gasteiger partial charge in [0.1, 0.15) is 53.1 Å². The number of rotatable bonds is 34. The molecular formula is C40H95ClLiN15O12P44. The summed E-state index contributed by atoms with van der Waals surface area (Å²) in [5.41, 5.74) is 23.5. The predicted octanol–water partition coefficient (Wildman–Crippen LogP) is 24.8. The number of nitrogens with zero attached hydrogens (tertiary/aromatic N) is 8. The molecule has 27 nitrogen and oxygen atoms in total. The van der Waals surface area contributed by atoms with Crippen molar-refractivity contribution in [1.29, 1.82) is 0 Å². The van der Waals surface area contributed by atoms with Gasteiger partial charge >= 0.3 is 36.8 Å². The Morgan fingerprint density at radius 3 is 1.20 bits per heavy atom. The molecule has 2 amide bonds. The number of esters is 2. The van der Waals surface area contributed by atoms with Crippen LogP contribution in [0.25, 0.3) is 38.4 Å². The van der Waals surface area contributed by atoms with Crippen molar-refractivity contribution in [1.82, 2.24) is 56.5 Å². The van der Waals surface area contributed by atoms with E-state index in [1.165, 1.54) is 25.8 Å². The maximum atomic E-state index is 11.7. The Labute approximate surface area is 755 Å². The quantitative estimate of drug-likeness (QED) is 0.00464. The van der Waals surface area contributed by atoms with Crippen molar-refractivity contribution in [3.63, 3.8) is 0 Å². The minimum Gasteiger partial charge on any atom is -0.870 e. The molecule has 0 bridgehead atoms. The number of benzene rings is 3. The van der Waals surface area contributed by atoms with E-state index in [9.17, 15) is 24.0 Å². The molecule has 0 saturated carbocycles. The fraction of sp³-hybridized carbons (Fsp3) is 0.250. The van der Waals surface area contributed by atoms with Gasteiger partial charge in [-0.2, -0.15) is 14.5 Å². The molecule has 0 aliphatic rings. The molecule has 4 heterocycles. The number of ether oxygens (including phenoxy) is 5. The fourth-order valence-electron chi connectivity index (χ4n) is 8.04. The molecule has 28 unspecified atom stereocenters. The molecule has 3 aromatic carbocycles. The zero-order valence-electron chi connectivity index (χ0n) is 60.8. The van der Waals surface area contributed by atoms with Gasteiger partial charge in [-0.15, -0.1) is 210 Å². The zero-order chi connectivity index (χ0) is 83.3. The number of hydrazine groups is 2. The molecule has 73 heteroatoms. The average Bonchev–Trinajstić information content (AvgIpc) is 1.65. The van der Waals surface area contributed by atoms with Crippen LogP contribution < -0.4 is 72.4 Å². The van der Waals surface area contributed by atoms with Crippen LogP contribution in [0.2, 0.25) is 5.28 Å². The van der Waals surface area contributed by atoms with Gasteiger partial charge in [-0.25, -0.2) is 19.9 Å². The number of amides is 2. The smallest absolute Gasteiger partial charge is 0.870 e. The molecular weight excluding hydrogens is 2290 g/mol. The van der Waals surface area contributed by atoms with Crippen LogP contribution in [0.3, 0.4) is 0 Å². The third-order valence-electron chi connectivity index (χ3n) is 12.0. The number of nitrogens with one attached hydrogen (secondary N) is 4. The van der Waals surface area contributed by atoms with Crippen LogP contribution in [0.4, 0.5) is 23.5 Å². The number of methoxy groups -OCH3 is 3. The summed E-state index contributed by atoms with van der Waals surface area (Å²) in [6.45, 7) is 5.21. The first-order valence-electron chi connectivity index (χ1n) is 29.3. The number of carboxylic acids is 1. The van der Waals surface area contributed by atoms with Crippen LogP contribution in [-0.4, -0.2) is 114 Å². The number of anilines is 4. The summed E-state index contributed by atoms with van der Waals surface area (Å²) in [5.74, 6) is -0.823. The number of halogens is 1. The Hall–Kier alpha value is 10.8. The molecule has 4 aromatic heterocycles. The standard InChI is InChI=1S/C14H15ClN4O4.C14H17N5O4.C12H11N5O3.Li.H3N.H2O.H25P23.H23P21/c2*1-3-23-11(21)7-10(20)18-19-13-8-5-4-6-9(22-2)12(8)16-14(15)17-13;1-20-7-4-2-3-6-10(7)15-12(13)17-11(6)14-8(16-17)5-9(18)19;;;;1-13-19(12)22(18(10)11)23(20(14(2)3)15(4)5)21(16(6)7)17(8)9;1-12-18(13(2)3)21(19(14(4)5)15(6)7)20(16(8)9)17(10)11/h4-6H,3,7H2,1-2H3,(H,18,20)(H,16,17,19);4-6H,3,7H2,1-2H3,(H,18,20)(H3,15,16,17,19);2-4H,5H2,1H3,(H2,13,15)(H,18,19);;1H3;1H2;13H,1-12H2;12H,1-11H2/q;;;+1;;;;/p-1. The largest absolute Gasteiger partial charge is 1.00 e. The summed E-state index contributed by atoms with van der Waals surface area (Å²) in [6.07, 6.45) is -1.07. The number of aromatic nitrogens is 8. The summed E-state index contributed by atoms with van der Waals surface area (Å²) < 4.78 is 26.4. The summed E-state index contributed by atoms with van der Waals surface area (Å²) in [5, 5.41) is 14.8. The van der Waals surface area contributed by atoms with E-state index in [1.807, 2.05) is 0 Å². The number of carbonyl (C=O) groups is 5. The van der Waals surface area contributed by atoms with E-state index in [4.69, 9.17) is 51.9 Å². The Bertz CT molecular complexity index is 3910. The van der Waals surface area contributed by atoms with Gasteiger partial charge in [0.25, 0.3) is 0 Å². The van der Waals surface area contributed by atoms with Crippen molar-refractivity contribution in [2.75, 3.05) is 56.9 Å². The minimum atomic E-state index is -1.01. The van der Waals surface area contributed by atoms with Crippen LogP contribution in [0.15, 0.2) is 54.6 Å². The van der Waals surface area contributed by atoms with Gasteiger partial charge < -0.3 is 51.9 Å². The van der Waals surface area contributed by atoms with Crippen LogP contribution in [0, 0.1) is 0 Å². The third kappa shape index (κ3) is 41.9. The van der Waals surface area contributed by atoms with Gasteiger partial charge in [-0.05, 0) is 195 Å². The van der Waals surface area contributed by atoms with Crippen molar-refractivity contribution >= 4 is 457 Å². The van der Waals surface area contributed by atoms with E-state index in [0.717, 1.165) is 15.9 Å². The van der Waals surface area contributed by atoms with Gasteiger partial charge in [0.15, 0.2) is 23.1 Å². The first-order chi connectivity index (χ1) is 51.7. The van der Waals surface area contributed by atoms with E-state index < -0.39 is 42.6 Å². The molecule has 0 saturated heterocycles. The van der Waals surface area contributed by atoms with Crippen LogP contribution in [0.5, 0.6) is 17.2 Å². The number of hydrogen-bond acceptors (Lipinski definition) is 23. The van der Waals surface area contributed by atoms with Gasteiger partial charge in [-0.1, -0.05) is 34.1 Å². The van der Waals surface area contributed by atoms with E-state index >= 15 is 0 Å². The number of aliphatic carboxylic acids is 1. The van der Waals surface area contributed by atoms with Crippen molar-refractivity contribution in [2.24, 2.45) is 0 Å². The van der Waals surface area contributed by atoms with Crippen LogP contribution >= 0.6 is 366 Å². The number of carbonyl (C=O) groups excluding carboxylic acids is 4. The second kappa shape index (κ2) is 66.3. The average molecular weight is 2380 g/mol. The van der Waals surface area contributed by atoms with Gasteiger partial charge in [-0.3, -0.25) is 45.7 Å². The SMILES string of the molecule is CCOC(=O)CC(=O)NNc1nc(Cl)nc2c(OC)cccc12.CCOC(=O)CC(=O)NNc1nc(N)nc2c(OC)cccc12.COc1cccc2c1nc(N)n1nc(CC(=O)O)nc21.N.PPP(P(P)P)P(P(P(P)P)P(P)P)P(P(P)P)P(P)P.PPP(P)P(P(P)P)P(P(P(P)P)P(P)P)P(P(P)P)P(P)P.[Li+].[OH-]. The van der Waals surface area contributed by atoms with Gasteiger partial charge in [0.05, 0.1) is 34.5 Å². The Balaban J connectivity index is 0.00000138. The minimum absolute atomic E-state index is 0. The number of para-hydroxylation sites is 3. The summed E-state index contributed by atoms with van der Waals surface area (Å²) in [7, 11) is 80.0.